The van der Waals surface area contributed by atoms with Crippen LogP contribution in [0.1, 0.15) is 18.1 Å². The molecule has 0 saturated carbocycles. The highest BCUT2D eigenvalue weighted by Gasteiger charge is 2.16. The normalized spacial score (nSPS) is 11.9. The maximum absolute atomic E-state index is 11.7. The van der Waals surface area contributed by atoms with E-state index in [2.05, 4.69) is 5.32 Å². The molecule has 0 saturated heterocycles. The third-order valence-electron chi connectivity index (χ3n) is 2.15. The lowest BCUT2D eigenvalue weighted by Gasteiger charge is -2.11. The number of nitrogens with one attached hydrogen (secondary N) is 1. The van der Waals surface area contributed by atoms with Crippen LogP contribution in [0.15, 0.2) is 18.2 Å². The molecule has 0 bridgehead atoms. The first-order valence-corrected chi connectivity index (χ1v) is 6.11. The third kappa shape index (κ3) is 4.48. The van der Waals surface area contributed by atoms with Crippen LogP contribution in [0.5, 0.6) is 0 Å². The van der Waals surface area contributed by atoms with Crippen molar-refractivity contribution in [1.82, 2.24) is 0 Å². The standard InChI is InChI=1S/C12H16N2O2S/c1-7-4-8(2)6-10(5-7)14-11(15)9(3)17-12(13)16/h4-6,9H,1-3H3,(H2,13,16)(H,14,15). The van der Waals surface area contributed by atoms with Crippen LogP contribution in [0, 0.1) is 13.8 Å². The van der Waals surface area contributed by atoms with E-state index < -0.39 is 10.5 Å². The third-order valence-corrected chi connectivity index (χ3v) is 2.95. The Morgan fingerprint density at radius 2 is 1.76 bits per heavy atom. The predicted octanol–water partition coefficient (Wildman–Crippen LogP) is 2.44. The van der Waals surface area contributed by atoms with E-state index in [1.54, 1.807) is 6.92 Å². The fourth-order valence-electron chi connectivity index (χ4n) is 1.52. The van der Waals surface area contributed by atoms with Crippen molar-refractivity contribution < 1.29 is 9.59 Å². The highest BCUT2D eigenvalue weighted by atomic mass is 32.2. The van der Waals surface area contributed by atoms with E-state index >= 15 is 0 Å². The Balaban J connectivity index is 2.70. The van der Waals surface area contributed by atoms with Crippen molar-refractivity contribution in [3.05, 3.63) is 29.3 Å². The number of aryl methyl sites for hydroxylation is 2. The van der Waals surface area contributed by atoms with E-state index in [0.29, 0.717) is 0 Å². The minimum Gasteiger partial charge on any atom is -0.360 e. The second-order valence-corrected chi connectivity index (χ2v) is 5.29. The van der Waals surface area contributed by atoms with Gasteiger partial charge >= 0.3 is 0 Å². The number of primary amides is 1. The van der Waals surface area contributed by atoms with Gasteiger partial charge in [-0.15, -0.1) is 0 Å². The Hall–Kier alpha value is -1.49. The van der Waals surface area contributed by atoms with E-state index in [1.807, 2.05) is 32.0 Å². The van der Waals surface area contributed by atoms with Crippen molar-refractivity contribution in [1.29, 1.82) is 0 Å². The van der Waals surface area contributed by atoms with E-state index in [9.17, 15) is 9.59 Å². The molecule has 5 heteroatoms. The highest BCUT2D eigenvalue weighted by molar-refractivity contribution is 8.14. The van der Waals surface area contributed by atoms with Crippen LogP contribution < -0.4 is 11.1 Å². The van der Waals surface area contributed by atoms with Gasteiger partial charge in [-0.25, -0.2) is 0 Å². The minimum atomic E-state index is -0.548. The molecule has 1 rings (SSSR count). The van der Waals surface area contributed by atoms with Crippen molar-refractivity contribution >= 4 is 28.6 Å². The maximum atomic E-state index is 11.7. The zero-order valence-electron chi connectivity index (χ0n) is 10.1. The van der Waals surface area contributed by atoms with Crippen LogP contribution >= 0.6 is 11.8 Å². The van der Waals surface area contributed by atoms with Crippen LogP contribution in [0.25, 0.3) is 0 Å². The van der Waals surface area contributed by atoms with Crippen molar-refractivity contribution in [2.75, 3.05) is 5.32 Å². The SMILES string of the molecule is Cc1cc(C)cc(NC(=O)C(C)SC(N)=O)c1. The van der Waals surface area contributed by atoms with Crippen LogP contribution in [0.4, 0.5) is 10.5 Å². The molecule has 0 radical (unpaired) electrons. The molecule has 4 nitrogen and oxygen atoms in total. The van der Waals surface area contributed by atoms with Crippen molar-refractivity contribution in [3.8, 4) is 0 Å². The molecule has 0 aliphatic heterocycles. The number of hydrogen-bond donors (Lipinski definition) is 2. The van der Waals surface area contributed by atoms with Gasteiger partial charge in [-0.05, 0) is 44.0 Å². The predicted molar refractivity (Wildman–Crippen MR) is 71.2 cm³/mol. The van der Waals surface area contributed by atoms with Gasteiger partial charge in [-0.3, -0.25) is 9.59 Å². The first-order chi connectivity index (χ1) is 7.88. The molecule has 3 N–H and O–H groups in total. The topological polar surface area (TPSA) is 72.2 Å². The lowest BCUT2D eigenvalue weighted by Crippen LogP contribution is -2.25. The summed E-state index contributed by atoms with van der Waals surface area (Å²) in [6, 6.07) is 5.79. The largest absolute Gasteiger partial charge is 0.360 e. The minimum absolute atomic E-state index is 0.223. The Bertz CT molecular complexity index is 426. The quantitative estimate of drug-likeness (QED) is 0.867. The summed E-state index contributed by atoms with van der Waals surface area (Å²) in [5, 5.41) is 1.72. The van der Waals surface area contributed by atoms with Crippen LogP contribution in [-0.4, -0.2) is 16.4 Å². The molecule has 0 fully saturated rings. The number of benzene rings is 1. The van der Waals surface area contributed by atoms with Gasteiger partial charge in [0.1, 0.15) is 0 Å². The van der Waals surface area contributed by atoms with Crippen LogP contribution in [0.2, 0.25) is 0 Å². The molecule has 0 aromatic heterocycles. The zero-order valence-corrected chi connectivity index (χ0v) is 10.9. The summed E-state index contributed by atoms with van der Waals surface area (Å²) < 4.78 is 0. The van der Waals surface area contributed by atoms with Crippen molar-refractivity contribution in [2.24, 2.45) is 5.73 Å². The molecule has 1 unspecified atom stereocenters. The summed E-state index contributed by atoms with van der Waals surface area (Å²) in [6.07, 6.45) is 0. The zero-order chi connectivity index (χ0) is 13.0. The molecular weight excluding hydrogens is 236 g/mol. The van der Waals surface area contributed by atoms with Gasteiger partial charge in [0.25, 0.3) is 5.24 Å². The molecular formula is C12H16N2O2S. The maximum Gasteiger partial charge on any atom is 0.277 e. The van der Waals surface area contributed by atoms with E-state index in [-0.39, 0.29) is 5.91 Å². The van der Waals surface area contributed by atoms with Gasteiger partial charge in [-0.2, -0.15) is 0 Å². The Kier molecular flexibility index (Phi) is 4.57. The lowest BCUT2D eigenvalue weighted by molar-refractivity contribution is -0.115. The second kappa shape index (κ2) is 5.72. The van der Waals surface area contributed by atoms with Gasteiger partial charge in [0.05, 0.1) is 5.25 Å². The molecule has 92 valence electrons. The number of hydrogen-bond acceptors (Lipinski definition) is 3. The number of nitrogens with two attached hydrogens (primary N) is 1. The summed E-state index contributed by atoms with van der Waals surface area (Å²) >= 11 is 0.817. The molecule has 1 aromatic carbocycles. The average Bonchev–Trinajstić information content (AvgIpc) is 2.14. The number of amides is 2. The van der Waals surface area contributed by atoms with Crippen LogP contribution in [-0.2, 0) is 4.79 Å². The highest BCUT2D eigenvalue weighted by Crippen LogP contribution is 2.16. The number of carbonyl (C=O) groups is 2. The molecule has 0 aliphatic rings. The summed E-state index contributed by atoms with van der Waals surface area (Å²) in [4.78, 5) is 22.4. The van der Waals surface area contributed by atoms with Crippen molar-refractivity contribution in [3.63, 3.8) is 0 Å². The number of carbonyl (C=O) groups excluding carboxylic acids is 2. The number of rotatable bonds is 3. The van der Waals surface area contributed by atoms with Crippen LogP contribution in [0.3, 0.4) is 0 Å². The molecule has 0 aliphatic carbocycles. The van der Waals surface area contributed by atoms with Gasteiger partial charge in [0, 0.05) is 5.69 Å². The Morgan fingerprint density at radius 3 is 2.24 bits per heavy atom. The Morgan fingerprint density at radius 1 is 1.24 bits per heavy atom. The molecule has 1 aromatic rings. The van der Waals surface area contributed by atoms with E-state index in [1.165, 1.54) is 0 Å². The number of thioether (sulfide) groups is 1. The monoisotopic (exact) mass is 252 g/mol. The van der Waals surface area contributed by atoms with E-state index in [0.717, 1.165) is 28.6 Å². The molecule has 17 heavy (non-hydrogen) atoms. The summed E-state index contributed by atoms with van der Waals surface area (Å²) in [7, 11) is 0. The van der Waals surface area contributed by atoms with Crippen molar-refractivity contribution in [2.45, 2.75) is 26.0 Å². The van der Waals surface area contributed by atoms with E-state index in [4.69, 9.17) is 5.73 Å². The summed E-state index contributed by atoms with van der Waals surface area (Å²) in [5.41, 5.74) is 7.92. The first kappa shape index (κ1) is 13.6. The molecule has 0 spiro atoms. The number of anilines is 1. The first-order valence-electron chi connectivity index (χ1n) is 5.23. The van der Waals surface area contributed by atoms with Gasteiger partial charge in [0.15, 0.2) is 0 Å². The average molecular weight is 252 g/mol. The summed E-state index contributed by atoms with van der Waals surface area (Å²) in [5.74, 6) is -0.223. The van der Waals surface area contributed by atoms with Gasteiger partial charge in [0.2, 0.25) is 5.91 Å². The second-order valence-electron chi connectivity index (χ2n) is 3.94. The lowest BCUT2D eigenvalue weighted by atomic mass is 10.1. The fourth-order valence-corrected chi connectivity index (χ4v) is 2.03. The van der Waals surface area contributed by atoms with Gasteiger partial charge < -0.3 is 11.1 Å². The Labute approximate surface area is 105 Å². The fraction of sp³-hybridized carbons (Fsp3) is 0.333. The van der Waals surface area contributed by atoms with Gasteiger partial charge in [-0.1, -0.05) is 17.8 Å². The smallest absolute Gasteiger partial charge is 0.277 e. The molecule has 1 atom stereocenters. The summed E-state index contributed by atoms with van der Waals surface area (Å²) in [6.45, 7) is 5.57. The molecule has 2 amide bonds. The molecule has 0 heterocycles.